The van der Waals surface area contributed by atoms with Crippen molar-refractivity contribution in [2.45, 2.75) is 6.92 Å². The Morgan fingerprint density at radius 1 is 0.806 bits per heavy atom. The molecule has 0 radical (unpaired) electrons. The summed E-state index contributed by atoms with van der Waals surface area (Å²) < 4.78 is 52.4. The molecule has 0 aromatic rings. The monoisotopic (exact) mass is 492 g/mol. The number of ether oxygens (including phenoxy) is 1. The molecule has 12 nitrogen and oxygen atoms in total. The minimum absolute atomic E-state index is 0.593. The maximum atomic E-state index is 10.0. The molecule has 0 unspecified atom stereocenters. The Balaban J connectivity index is -0.0000000913. The molecule has 14 heteroatoms. The van der Waals surface area contributed by atoms with Crippen molar-refractivity contribution in [3.63, 3.8) is 0 Å². The van der Waals surface area contributed by atoms with Crippen LogP contribution in [0.1, 0.15) is 6.92 Å². The fourth-order valence-electron chi connectivity index (χ4n) is 0.409. The Morgan fingerprint density at radius 2 is 1.16 bits per heavy atom. The van der Waals surface area contributed by atoms with E-state index in [1.165, 1.54) is 14.1 Å². The summed E-state index contributed by atoms with van der Waals surface area (Å²) in [6.07, 6.45) is 1.10. The molecule has 190 valence electrons. The molecule has 0 aliphatic rings. The van der Waals surface area contributed by atoms with Gasteiger partial charge in [-0.25, -0.2) is 13.1 Å². The first-order chi connectivity index (χ1) is 13.9. The lowest BCUT2D eigenvalue weighted by atomic mass is 10.6. The molecule has 0 bridgehead atoms. The van der Waals surface area contributed by atoms with E-state index in [2.05, 4.69) is 49.3 Å². The van der Waals surface area contributed by atoms with Crippen LogP contribution in [-0.4, -0.2) is 91.5 Å². The van der Waals surface area contributed by atoms with Gasteiger partial charge in [0.25, 0.3) is 0 Å². The van der Waals surface area contributed by atoms with E-state index in [-0.39, 0.29) is 0 Å². The first-order valence-corrected chi connectivity index (χ1v) is 11.9. The van der Waals surface area contributed by atoms with Crippen LogP contribution in [0.4, 0.5) is 0 Å². The van der Waals surface area contributed by atoms with Crippen LogP contribution in [0.25, 0.3) is 0 Å². The molecular formula is C17H44N6O6S2. The van der Waals surface area contributed by atoms with Crippen LogP contribution in [0.3, 0.4) is 0 Å². The van der Waals surface area contributed by atoms with E-state index in [1.54, 1.807) is 14.2 Å². The molecule has 0 atom stereocenters. The Kier molecular flexibility index (Phi) is 30.9. The molecule has 0 aliphatic carbocycles. The van der Waals surface area contributed by atoms with Crippen molar-refractivity contribution in [1.29, 1.82) is 0 Å². The number of hydrogen-bond donors (Lipinski definition) is 5. The summed E-state index contributed by atoms with van der Waals surface area (Å²) in [5.41, 5.74) is 1.00. The van der Waals surface area contributed by atoms with Gasteiger partial charge in [0.1, 0.15) is 0 Å². The average molecular weight is 493 g/mol. The van der Waals surface area contributed by atoms with Gasteiger partial charge < -0.3 is 25.6 Å². The Morgan fingerprint density at radius 3 is 1.16 bits per heavy atom. The SMILES string of the molecule is C=C(C)NC.C=C(NC)N(C)C.C=C(NC)OC.CNS(=O)(=O)OC.CNS(C)(=O)=O. The molecule has 5 N–H and O–H groups in total. The number of methoxy groups -OCH3 is 1. The maximum Gasteiger partial charge on any atom is 0.335 e. The highest BCUT2D eigenvalue weighted by Gasteiger charge is 1.98. The van der Waals surface area contributed by atoms with Gasteiger partial charge in [0.2, 0.25) is 10.0 Å². The van der Waals surface area contributed by atoms with Gasteiger partial charge >= 0.3 is 10.3 Å². The number of rotatable bonds is 8. The van der Waals surface area contributed by atoms with E-state index in [4.69, 9.17) is 0 Å². The molecule has 0 aromatic heterocycles. The quantitative estimate of drug-likeness (QED) is 0.282. The van der Waals surface area contributed by atoms with Crippen molar-refractivity contribution < 1.29 is 25.8 Å². The minimum atomic E-state index is -3.41. The van der Waals surface area contributed by atoms with Gasteiger partial charge in [-0.1, -0.05) is 13.2 Å². The van der Waals surface area contributed by atoms with Gasteiger partial charge in [0.15, 0.2) is 5.88 Å². The highest BCUT2D eigenvalue weighted by Crippen LogP contribution is 1.82. The Labute approximate surface area is 190 Å². The molecular weight excluding hydrogens is 448 g/mol. The van der Waals surface area contributed by atoms with Gasteiger partial charge in [-0.05, 0) is 26.2 Å². The van der Waals surface area contributed by atoms with Gasteiger partial charge in [0, 0.05) is 42.3 Å². The second-order valence-corrected chi connectivity index (χ2v) is 8.90. The topological polar surface area (TPSA) is 150 Å². The zero-order chi connectivity index (χ0) is 26.3. The largest absolute Gasteiger partial charge is 0.483 e. The van der Waals surface area contributed by atoms with E-state index < -0.39 is 20.3 Å². The zero-order valence-electron chi connectivity index (χ0n) is 20.8. The highest BCUT2D eigenvalue weighted by molar-refractivity contribution is 7.88. The number of allylic oxidation sites excluding steroid dienone is 1. The zero-order valence-corrected chi connectivity index (χ0v) is 22.5. The van der Waals surface area contributed by atoms with Crippen LogP contribution in [0.5, 0.6) is 0 Å². The molecule has 0 saturated heterocycles. The molecule has 0 aliphatic heterocycles. The van der Waals surface area contributed by atoms with Gasteiger partial charge in [-0.3, -0.25) is 4.18 Å². The van der Waals surface area contributed by atoms with Crippen molar-refractivity contribution in [1.82, 2.24) is 30.3 Å². The second kappa shape index (κ2) is 24.3. The molecule has 0 fully saturated rings. The van der Waals surface area contributed by atoms with Crippen molar-refractivity contribution >= 4 is 20.3 Å². The third-order valence-corrected chi connectivity index (χ3v) is 4.30. The Hall–Kier alpha value is -2.00. The molecule has 0 spiro atoms. The smallest absolute Gasteiger partial charge is 0.335 e. The molecule has 0 heterocycles. The lowest BCUT2D eigenvalue weighted by molar-refractivity contribution is 0.270. The number of hydrogen-bond acceptors (Lipinski definition) is 10. The third-order valence-electron chi connectivity index (χ3n) is 2.62. The number of nitrogens with zero attached hydrogens (tertiary/aromatic N) is 1. The lowest BCUT2D eigenvalue weighted by Crippen LogP contribution is -2.20. The number of sulfonamides is 1. The summed E-state index contributed by atoms with van der Waals surface area (Å²) in [7, 11) is 8.33. The first kappa shape index (κ1) is 39.5. The summed E-state index contributed by atoms with van der Waals surface area (Å²) in [6.45, 7) is 12.6. The van der Waals surface area contributed by atoms with Crippen LogP contribution >= 0.6 is 0 Å². The van der Waals surface area contributed by atoms with E-state index in [9.17, 15) is 16.8 Å². The van der Waals surface area contributed by atoms with Gasteiger partial charge in [0.05, 0.1) is 26.3 Å². The first-order valence-electron chi connectivity index (χ1n) is 8.60. The summed E-state index contributed by atoms with van der Waals surface area (Å²) in [4.78, 5) is 1.92. The summed E-state index contributed by atoms with van der Waals surface area (Å²) in [5.74, 6) is 1.52. The van der Waals surface area contributed by atoms with Crippen molar-refractivity contribution in [3.8, 4) is 0 Å². The van der Waals surface area contributed by atoms with Crippen LogP contribution in [0, 0.1) is 0 Å². The predicted molar refractivity (Wildman–Crippen MR) is 130 cm³/mol. The van der Waals surface area contributed by atoms with Crippen LogP contribution < -0.4 is 25.4 Å². The van der Waals surface area contributed by atoms with Gasteiger partial charge in [-0.2, -0.15) is 13.1 Å². The number of nitrogens with one attached hydrogen (secondary N) is 5. The van der Waals surface area contributed by atoms with Crippen molar-refractivity contribution in [3.05, 3.63) is 37.1 Å². The fraction of sp³-hybridized carbons (Fsp3) is 0.647. The molecule has 0 amide bonds. The summed E-state index contributed by atoms with van der Waals surface area (Å²) >= 11 is 0. The predicted octanol–water partition coefficient (Wildman–Crippen LogP) is -0.436. The fourth-order valence-corrected chi connectivity index (χ4v) is 0.576. The summed E-state index contributed by atoms with van der Waals surface area (Å²) in [6, 6.07) is 0. The molecule has 31 heavy (non-hydrogen) atoms. The normalized spacial score (nSPS) is 9.13. The van der Waals surface area contributed by atoms with Crippen LogP contribution in [-0.2, 0) is 29.2 Å². The lowest BCUT2D eigenvalue weighted by Gasteiger charge is -2.13. The van der Waals surface area contributed by atoms with E-state index in [1.807, 2.05) is 44.7 Å². The minimum Gasteiger partial charge on any atom is -0.483 e. The summed E-state index contributed by atoms with van der Waals surface area (Å²) in [5, 5.41) is 8.43. The second-order valence-electron chi connectivity index (χ2n) is 5.30. The maximum absolute atomic E-state index is 10.0. The van der Waals surface area contributed by atoms with Crippen molar-refractivity contribution in [2.24, 2.45) is 0 Å². The third kappa shape index (κ3) is 52.4. The Bertz CT molecular complexity index is 649. The average Bonchev–Trinajstić information content (AvgIpc) is 2.73. The van der Waals surface area contributed by atoms with E-state index in [0.29, 0.717) is 5.88 Å². The molecule has 0 aromatic carbocycles. The standard InChI is InChI=1S/C5H12N2.C4H9NO.C4H9N.C2H7NO3S.C2H7NO2S/c1-5(6-2)7(3)4;1-4(5-2)6-3;1-4(2)5-3;1-3-7(4,5)6-2;1-3-6(2,4)5/h6H,1H2,2-4H3;5H,1H2,2-3H3;5H,1H2,2-3H3;3H,1-2H3;3H,1-2H3. The van der Waals surface area contributed by atoms with Crippen LogP contribution in [0.2, 0.25) is 0 Å². The van der Waals surface area contributed by atoms with Crippen LogP contribution in [0.15, 0.2) is 37.1 Å². The van der Waals surface area contributed by atoms with E-state index >= 15 is 0 Å². The highest BCUT2D eigenvalue weighted by atomic mass is 32.2. The van der Waals surface area contributed by atoms with Crippen molar-refractivity contribution in [2.75, 3.05) is 69.8 Å². The molecule has 0 rings (SSSR count). The van der Waals surface area contributed by atoms with Gasteiger partial charge in [-0.15, -0.1) is 0 Å². The molecule has 0 saturated carbocycles. The van der Waals surface area contributed by atoms with E-state index in [0.717, 1.165) is 24.9 Å².